The first-order valence-electron chi connectivity index (χ1n) is 5.49. The molecule has 0 spiro atoms. The molecule has 0 aromatic heterocycles. The summed E-state index contributed by atoms with van der Waals surface area (Å²) in [7, 11) is 0. The van der Waals surface area contributed by atoms with E-state index in [-0.39, 0.29) is 12.4 Å². The van der Waals surface area contributed by atoms with Gasteiger partial charge in [-0.3, -0.25) is 4.90 Å². The predicted molar refractivity (Wildman–Crippen MR) is 61.9 cm³/mol. The Morgan fingerprint density at radius 1 is 1.36 bits per heavy atom. The fraction of sp³-hybridized carbons (Fsp3) is 1.00. The SMILES string of the molecule is CC(N)CN1C2CCNCC1CC2.Cl. The molecule has 3 atom stereocenters. The van der Waals surface area contributed by atoms with Gasteiger partial charge in [0.15, 0.2) is 0 Å². The van der Waals surface area contributed by atoms with Crippen LogP contribution in [0.2, 0.25) is 0 Å². The minimum absolute atomic E-state index is 0. The van der Waals surface area contributed by atoms with Crippen molar-refractivity contribution in [3.8, 4) is 0 Å². The molecule has 2 bridgehead atoms. The Morgan fingerprint density at radius 3 is 2.79 bits per heavy atom. The van der Waals surface area contributed by atoms with Gasteiger partial charge >= 0.3 is 0 Å². The Morgan fingerprint density at radius 2 is 2.07 bits per heavy atom. The van der Waals surface area contributed by atoms with E-state index in [1.165, 1.54) is 32.4 Å². The minimum atomic E-state index is 0. The smallest absolute Gasteiger partial charge is 0.0224 e. The highest BCUT2D eigenvalue weighted by Gasteiger charge is 2.34. The first kappa shape index (κ1) is 12.2. The zero-order valence-corrected chi connectivity index (χ0v) is 9.72. The summed E-state index contributed by atoms with van der Waals surface area (Å²) in [5.74, 6) is 0. The van der Waals surface area contributed by atoms with Gasteiger partial charge in [0.25, 0.3) is 0 Å². The van der Waals surface area contributed by atoms with Gasteiger partial charge in [0, 0.05) is 31.2 Å². The fourth-order valence-corrected chi connectivity index (χ4v) is 2.71. The van der Waals surface area contributed by atoms with Gasteiger partial charge in [-0.25, -0.2) is 0 Å². The molecule has 14 heavy (non-hydrogen) atoms. The van der Waals surface area contributed by atoms with Crippen LogP contribution < -0.4 is 11.1 Å². The molecule has 0 radical (unpaired) electrons. The van der Waals surface area contributed by atoms with E-state index in [0.29, 0.717) is 6.04 Å². The van der Waals surface area contributed by atoms with Gasteiger partial charge in [0.1, 0.15) is 0 Å². The van der Waals surface area contributed by atoms with Crippen LogP contribution in [0.5, 0.6) is 0 Å². The molecule has 2 rings (SSSR count). The second-order valence-electron chi connectivity index (χ2n) is 4.55. The van der Waals surface area contributed by atoms with E-state index < -0.39 is 0 Å². The second kappa shape index (κ2) is 5.31. The second-order valence-corrected chi connectivity index (χ2v) is 4.55. The highest BCUT2D eigenvalue weighted by Crippen LogP contribution is 2.27. The topological polar surface area (TPSA) is 41.3 Å². The lowest BCUT2D eigenvalue weighted by molar-refractivity contribution is 0.193. The van der Waals surface area contributed by atoms with Gasteiger partial charge in [0.05, 0.1) is 0 Å². The number of hydrogen-bond acceptors (Lipinski definition) is 3. The van der Waals surface area contributed by atoms with Crippen LogP contribution in [0.1, 0.15) is 26.2 Å². The number of hydrogen-bond donors (Lipinski definition) is 2. The number of nitrogens with one attached hydrogen (secondary N) is 1. The maximum absolute atomic E-state index is 5.86. The molecule has 0 aromatic rings. The van der Waals surface area contributed by atoms with Gasteiger partial charge in [-0.05, 0) is 32.7 Å². The zero-order chi connectivity index (χ0) is 9.26. The number of fused-ring (bicyclic) bond motifs is 2. The highest BCUT2D eigenvalue weighted by molar-refractivity contribution is 5.85. The zero-order valence-electron chi connectivity index (χ0n) is 8.91. The molecular formula is C10H22ClN3. The first-order valence-corrected chi connectivity index (χ1v) is 5.49. The summed E-state index contributed by atoms with van der Waals surface area (Å²) in [6.45, 7) is 5.55. The third-order valence-electron chi connectivity index (χ3n) is 3.30. The van der Waals surface area contributed by atoms with E-state index >= 15 is 0 Å². The van der Waals surface area contributed by atoms with Gasteiger partial charge in [-0.2, -0.15) is 0 Å². The molecular weight excluding hydrogens is 198 g/mol. The largest absolute Gasteiger partial charge is 0.327 e. The molecule has 0 aliphatic carbocycles. The first-order chi connectivity index (χ1) is 6.27. The lowest BCUT2D eigenvalue weighted by Gasteiger charge is -2.28. The van der Waals surface area contributed by atoms with Crippen LogP contribution >= 0.6 is 12.4 Å². The molecule has 84 valence electrons. The van der Waals surface area contributed by atoms with Gasteiger partial charge in [-0.1, -0.05) is 0 Å². The van der Waals surface area contributed by atoms with E-state index in [1.54, 1.807) is 0 Å². The van der Waals surface area contributed by atoms with E-state index in [4.69, 9.17) is 5.73 Å². The third-order valence-corrected chi connectivity index (χ3v) is 3.30. The maximum atomic E-state index is 5.86. The molecule has 3 nitrogen and oxygen atoms in total. The highest BCUT2D eigenvalue weighted by atomic mass is 35.5. The molecule has 2 fully saturated rings. The van der Waals surface area contributed by atoms with Crippen LogP contribution in [-0.4, -0.2) is 42.7 Å². The van der Waals surface area contributed by atoms with Gasteiger partial charge in [-0.15, -0.1) is 12.4 Å². The normalized spacial score (nSPS) is 34.7. The van der Waals surface area contributed by atoms with Crippen LogP contribution in [0, 0.1) is 0 Å². The Hall–Kier alpha value is 0.170. The fourth-order valence-electron chi connectivity index (χ4n) is 2.71. The summed E-state index contributed by atoms with van der Waals surface area (Å²) in [6.07, 6.45) is 4.06. The molecule has 4 heteroatoms. The number of halogens is 1. The van der Waals surface area contributed by atoms with Crippen LogP contribution in [0.4, 0.5) is 0 Å². The van der Waals surface area contributed by atoms with E-state index in [9.17, 15) is 0 Å². The van der Waals surface area contributed by atoms with Crippen molar-refractivity contribution in [2.75, 3.05) is 19.6 Å². The number of nitrogens with two attached hydrogens (primary N) is 1. The molecule has 2 heterocycles. The Balaban J connectivity index is 0.000000980. The number of rotatable bonds is 2. The van der Waals surface area contributed by atoms with Gasteiger partial charge in [0.2, 0.25) is 0 Å². The standard InChI is InChI=1S/C10H21N3.ClH/c1-8(11)7-13-9-2-3-10(13)6-12-5-4-9;/h8-10,12H,2-7,11H2,1H3;1H. The lowest BCUT2D eigenvalue weighted by atomic mass is 10.1. The summed E-state index contributed by atoms with van der Waals surface area (Å²) in [6, 6.07) is 1.89. The Bertz CT molecular complexity index is 161. The van der Waals surface area contributed by atoms with Crippen LogP contribution in [-0.2, 0) is 0 Å². The average Bonchev–Trinajstić information content (AvgIpc) is 2.24. The monoisotopic (exact) mass is 219 g/mol. The van der Waals surface area contributed by atoms with Crippen molar-refractivity contribution in [3.63, 3.8) is 0 Å². The molecule has 2 saturated heterocycles. The minimum Gasteiger partial charge on any atom is -0.327 e. The van der Waals surface area contributed by atoms with Crippen molar-refractivity contribution < 1.29 is 0 Å². The Kier molecular flexibility index (Phi) is 4.64. The summed E-state index contributed by atoms with van der Waals surface area (Å²) in [4.78, 5) is 2.63. The maximum Gasteiger partial charge on any atom is 0.0224 e. The number of nitrogens with zero attached hydrogens (tertiary/aromatic N) is 1. The van der Waals surface area contributed by atoms with Crippen molar-refractivity contribution >= 4 is 12.4 Å². The van der Waals surface area contributed by atoms with Crippen LogP contribution in [0.3, 0.4) is 0 Å². The molecule has 0 saturated carbocycles. The lowest BCUT2D eigenvalue weighted by Crippen LogP contribution is -2.44. The Labute approximate surface area is 92.8 Å². The van der Waals surface area contributed by atoms with Crippen molar-refractivity contribution in [1.82, 2.24) is 10.2 Å². The van der Waals surface area contributed by atoms with Gasteiger partial charge < -0.3 is 11.1 Å². The summed E-state index contributed by atoms with van der Waals surface area (Å²) < 4.78 is 0. The molecule has 0 amide bonds. The predicted octanol–water partition coefficient (Wildman–Crippen LogP) is 0.582. The van der Waals surface area contributed by atoms with Crippen LogP contribution in [0.25, 0.3) is 0 Å². The van der Waals surface area contributed by atoms with Crippen molar-refractivity contribution in [1.29, 1.82) is 0 Å². The summed E-state index contributed by atoms with van der Waals surface area (Å²) in [5, 5.41) is 3.50. The van der Waals surface area contributed by atoms with E-state index in [0.717, 1.165) is 18.6 Å². The molecule has 2 aliphatic rings. The molecule has 2 aliphatic heterocycles. The average molecular weight is 220 g/mol. The van der Waals surface area contributed by atoms with Crippen LogP contribution in [0.15, 0.2) is 0 Å². The molecule has 3 N–H and O–H groups in total. The van der Waals surface area contributed by atoms with E-state index in [2.05, 4.69) is 17.1 Å². The third kappa shape index (κ3) is 2.60. The van der Waals surface area contributed by atoms with E-state index in [1.807, 2.05) is 0 Å². The molecule has 3 unspecified atom stereocenters. The van der Waals surface area contributed by atoms with Crippen molar-refractivity contribution in [2.24, 2.45) is 5.73 Å². The molecule has 0 aromatic carbocycles. The quantitative estimate of drug-likeness (QED) is 0.714. The summed E-state index contributed by atoms with van der Waals surface area (Å²) >= 11 is 0. The summed E-state index contributed by atoms with van der Waals surface area (Å²) in [5.41, 5.74) is 5.86. The van der Waals surface area contributed by atoms with Crippen molar-refractivity contribution in [2.45, 2.75) is 44.3 Å². The van der Waals surface area contributed by atoms with Crippen molar-refractivity contribution in [3.05, 3.63) is 0 Å².